The van der Waals surface area contributed by atoms with Crippen LogP contribution in [0.25, 0.3) is 11.1 Å². The van der Waals surface area contributed by atoms with Gasteiger partial charge in [-0.1, -0.05) is 36.4 Å². The fraction of sp³-hybridized carbons (Fsp3) is 0.310. The smallest absolute Gasteiger partial charge is 0.395 e. The van der Waals surface area contributed by atoms with Gasteiger partial charge in [0.05, 0.1) is 5.41 Å². The molecule has 1 aliphatic carbocycles. The second-order valence-electron chi connectivity index (χ2n) is 9.77. The minimum absolute atomic E-state index is 0.0399. The first-order valence-corrected chi connectivity index (χ1v) is 12.2. The lowest BCUT2D eigenvalue weighted by Crippen LogP contribution is -2.29. The number of carbonyl (C=O) groups excluding carboxylic acids is 2. The van der Waals surface area contributed by atoms with E-state index in [0.717, 1.165) is 22.3 Å². The van der Waals surface area contributed by atoms with Crippen molar-refractivity contribution in [1.82, 2.24) is 4.90 Å². The molecule has 2 amide bonds. The number of hydrogen-bond donors (Lipinski definition) is 1. The van der Waals surface area contributed by atoms with Crippen molar-refractivity contribution in [2.45, 2.75) is 38.0 Å². The predicted molar refractivity (Wildman–Crippen MR) is 137 cm³/mol. The molecule has 2 aliphatic rings. The molecule has 0 spiro atoms. The number of benzene rings is 3. The molecule has 1 aliphatic heterocycles. The number of amides is 2. The number of aryl methyl sites for hydroxylation is 1. The molecule has 198 valence electrons. The van der Waals surface area contributed by atoms with Gasteiger partial charge in [0.1, 0.15) is 6.61 Å². The van der Waals surface area contributed by atoms with Crippen LogP contribution in [0.4, 0.5) is 14.5 Å². The monoisotopic (exact) mass is 522 g/mol. The molecule has 1 N–H and O–H groups in total. The van der Waals surface area contributed by atoms with Crippen LogP contribution in [0.3, 0.4) is 0 Å². The zero-order chi connectivity index (χ0) is 27.1. The third-order valence-electron chi connectivity index (χ3n) is 7.01. The van der Waals surface area contributed by atoms with Crippen molar-refractivity contribution in [2.75, 3.05) is 26.1 Å². The van der Waals surface area contributed by atoms with Gasteiger partial charge in [0.2, 0.25) is 11.8 Å². The zero-order valence-electron chi connectivity index (χ0n) is 21.3. The number of likely N-dealkylation sites (N-methyl/N-ethyl adjacent to an activating group) is 1. The Morgan fingerprint density at radius 2 is 1.71 bits per heavy atom. The molecule has 7 nitrogen and oxygen atoms in total. The quantitative estimate of drug-likeness (QED) is 0.437. The first kappa shape index (κ1) is 25.7. The molecule has 9 heteroatoms. The first-order chi connectivity index (χ1) is 18.1. The first-order valence-electron chi connectivity index (χ1n) is 12.2. The van der Waals surface area contributed by atoms with Crippen molar-refractivity contribution in [3.05, 3.63) is 77.4 Å². The summed E-state index contributed by atoms with van der Waals surface area (Å²) in [6.07, 6.45) is -2.49. The van der Waals surface area contributed by atoms with Gasteiger partial charge in [-0.2, -0.15) is 0 Å². The fourth-order valence-electron chi connectivity index (χ4n) is 4.67. The van der Waals surface area contributed by atoms with E-state index < -0.39 is 11.7 Å². The lowest BCUT2D eigenvalue weighted by atomic mass is 9.94. The van der Waals surface area contributed by atoms with Gasteiger partial charge in [-0.15, -0.1) is 8.78 Å². The van der Waals surface area contributed by atoms with Crippen molar-refractivity contribution in [1.29, 1.82) is 0 Å². The Morgan fingerprint density at radius 1 is 1.00 bits per heavy atom. The number of hydrogen-bond acceptors (Lipinski definition) is 5. The van der Waals surface area contributed by atoms with Gasteiger partial charge in [-0.05, 0) is 71.8 Å². The summed E-state index contributed by atoms with van der Waals surface area (Å²) in [5, 5.41) is 3.01. The van der Waals surface area contributed by atoms with E-state index in [1.54, 1.807) is 18.0 Å². The van der Waals surface area contributed by atoms with Gasteiger partial charge in [-0.3, -0.25) is 9.59 Å². The Labute approximate surface area is 219 Å². The Kier molecular flexibility index (Phi) is 6.56. The lowest BCUT2D eigenvalue weighted by molar-refractivity contribution is -0.286. The van der Waals surface area contributed by atoms with E-state index >= 15 is 0 Å². The number of nitrogens with zero attached hydrogens (tertiary/aromatic N) is 1. The van der Waals surface area contributed by atoms with Gasteiger partial charge >= 0.3 is 6.29 Å². The Bertz CT molecular complexity index is 1390. The van der Waals surface area contributed by atoms with Crippen molar-refractivity contribution < 1.29 is 32.6 Å². The lowest BCUT2D eigenvalue weighted by Gasteiger charge is -2.18. The van der Waals surface area contributed by atoms with E-state index in [4.69, 9.17) is 4.74 Å². The molecule has 3 aromatic rings. The summed E-state index contributed by atoms with van der Waals surface area (Å²) in [7, 11) is 3.22. The summed E-state index contributed by atoms with van der Waals surface area (Å²) in [4.78, 5) is 26.9. The van der Waals surface area contributed by atoms with Crippen LogP contribution in [-0.2, 0) is 26.3 Å². The topological polar surface area (TPSA) is 77.1 Å². The van der Waals surface area contributed by atoms with Crippen LogP contribution < -0.4 is 14.8 Å². The summed E-state index contributed by atoms with van der Waals surface area (Å²) in [5.41, 5.74) is 4.44. The van der Waals surface area contributed by atoms with Crippen LogP contribution in [0.1, 0.15) is 29.5 Å². The van der Waals surface area contributed by atoms with Crippen molar-refractivity contribution in [3.63, 3.8) is 0 Å². The zero-order valence-corrected chi connectivity index (χ0v) is 21.3. The molecule has 38 heavy (non-hydrogen) atoms. The Morgan fingerprint density at radius 3 is 2.39 bits per heavy atom. The SMILES string of the molecule is COCC(=O)N(C)Cc1ccc(-c2cc(NC(=O)C3(c4ccc5c(c4)OC(F)(F)O5)CC3)ccc2C)cc1. The highest BCUT2D eigenvalue weighted by atomic mass is 19.3. The minimum Gasteiger partial charge on any atom is -0.395 e. The Balaban J connectivity index is 1.30. The van der Waals surface area contributed by atoms with E-state index in [-0.39, 0.29) is 29.9 Å². The highest BCUT2D eigenvalue weighted by molar-refractivity contribution is 6.02. The number of nitrogens with one attached hydrogen (secondary N) is 1. The molecule has 0 bridgehead atoms. The van der Waals surface area contributed by atoms with Crippen LogP contribution in [-0.4, -0.2) is 43.8 Å². The van der Waals surface area contributed by atoms with Crippen LogP contribution >= 0.6 is 0 Å². The van der Waals surface area contributed by atoms with Crippen molar-refractivity contribution in [2.24, 2.45) is 0 Å². The number of rotatable bonds is 8. The second-order valence-corrected chi connectivity index (χ2v) is 9.77. The van der Waals surface area contributed by atoms with Crippen LogP contribution in [0.15, 0.2) is 60.7 Å². The van der Waals surface area contributed by atoms with Crippen LogP contribution in [0.2, 0.25) is 0 Å². The number of fused-ring (bicyclic) bond motifs is 1. The standard InChI is InChI=1S/C29H28F2N2O5/c1-18-4-10-22(15-23(18)20-7-5-19(6-8-20)16-33(2)26(34)17-36-3)32-27(35)28(12-13-28)21-9-11-24-25(14-21)38-29(30,31)37-24/h4-11,14-15H,12-13,16-17H2,1-3H3,(H,32,35). The molecular formula is C29H28F2N2O5. The number of alkyl halides is 2. The summed E-state index contributed by atoms with van der Waals surface area (Å²) in [5.74, 6) is -0.403. The third-order valence-corrected chi connectivity index (χ3v) is 7.01. The summed E-state index contributed by atoms with van der Waals surface area (Å²) >= 11 is 0. The fourth-order valence-corrected chi connectivity index (χ4v) is 4.67. The van der Waals surface area contributed by atoms with Crippen LogP contribution in [0, 0.1) is 6.92 Å². The molecule has 5 rings (SSSR count). The Hall–Kier alpha value is -3.98. The van der Waals surface area contributed by atoms with E-state index in [1.807, 2.05) is 49.4 Å². The minimum atomic E-state index is -3.70. The number of carbonyl (C=O) groups is 2. The molecule has 0 saturated heterocycles. The van der Waals surface area contributed by atoms with Gasteiger partial charge in [0.25, 0.3) is 0 Å². The van der Waals surface area contributed by atoms with Gasteiger partial charge in [-0.25, -0.2) is 0 Å². The summed E-state index contributed by atoms with van der Waals surface area (Å²) in [6.45, 7) is 2.51. The maximum Gasteiger partial charge on any atom is 0.586 e. The summed E-state index contributed by atoms with van der Waals surface area (Å²) < 4.78 is 40.8. The number of anilines is 1. The van der Waals surface area contributed by atoms with E-state index in [1.165, 1.54) is 19.2 Å². The van der Waals surface area contributed by atoms with Crippen molar-refractivity contribution >= 4 is 17.5 Å². The normalized spacial score (nSPS) is 16.1. The van der Waals surface area contributed by atoms with E-state index in [0.29, 0.717) is 30.6 Å². The van der Waals surface area contributed by atoms with Gasteiger partial charge in [0.15, 0.2) is 11.5 Å². The highest BCUT2D eigenvalue weighted by Crippen LogP contribution is 2.52. The average Bonchev–Trinajstić information content (AvgIpc) is 3.63. The maximum atomic E-state index is 13.4. The number of halogens is 2. The highest BCUT2D eigenvalue weighted by Gasteiger charge is 2.52. The molecule has 0 atom stereocenters. The largest absolute Gasteiger partial charge is 0.586 e. The van der Waals surface area contributed by atoms with E-state index in [9.17, 15) is 18.4 Å². The molecule has 1 fully saturated rings. The average molecular weight is 523 g/mol. The predicted octanol–water partition coefficient (Wildman–Crippen LogP) is 5.26. The molecule has 3 aromatic carbocycles. The molecule has 1 heterocycles. The maximum absolute atomic E-state index is 13.4. The number of ether oxygens (including phenoxy) is 3. The van der Waals surface area contributed by atoms with Gasteiger partial charge < -0.3 is 24.4 Å². The van der Waals surface area contributed by atoms with Crippen molar-refractivity contribution in [3.8, 4) is 22.6 Å². The summed E-state index contributed by atoms with van der Waals surface area (Å²) in [6, 6.07) is 18.1. The van der Waals surface area contributed by atoms with Crippen LogP contribution in [0.5, 0.6) is 11.5 Å². The van der Waals surface area contributed by atoms with E-state index in [2.05, 4.69) is 14.8 Å². The number of methoxy groups -OCH3 is 1. The second kappa shape index (κ2) is 9.72. The molecular weight excluding hydrogens is 494 g/mol. The molecule has 1 saturated carbocycles. The molecule has 0 unspecified atom stereocenters. The third kappa shape index (κ3) is 5.06. The molecule has 0 radical (unpaired) electrons. The molecule has 0 aromatic heterocycles. The van der Waals surface area contributed by atoms with Gasteiger partial charge in [0, 0.05) is 26.4 Å².